The zero-order valence-electron chi connectivity index (χ0n) is 8.41. The molecule has 3 rings (SSSR count). The van der Waals surface area contributed by atoms with Crippen LogP contribution in [-0.2, 0) is 0 Å². The van der Waals surface area contributed by atoms with Gasteiger partial charge in [0.05, 0.1) is 5.69 Å². The SMILES string of the molecule is Oc1cccc(-n2nc3ccccc3n2)c1. The predicted molar refractivity (Wildman–Crippen MR) is 60.5 cm³/mol. The summed E-state index contributed by atoms with van der Waals surface area (Å²) in [5, 5.41) is 18.0. The number of hydrogen-bond acceptors (Lipinski definition) is 3. The Balaban J connectivity index is 2.19. The molecule has 78 valence electrons. The molecule has 1 heterocycles. The first-order chi connectivity index (χ1) is 7.83. The number of fused-ring (bicyclic) bond motifs is 1. The van der Waals surface area contributed by atoms with Crippen LogP contribution >= 0.6 is 0 Å². The molecular weight excluding hydrogens is 202 g/mol. The number of rotatable bonds is 1. The fourth-order valence-electron chi connectivity index (χ4n) is 1.59. The molecule has 0 spiro atoms. The zero-order chi connectivity index (χ0) is 11.0. The van der Waals surface area contributed by atoms with Crippen LogP contribution in [0.15, 0.2) is 48.5 Å². The Morgan fingerprint density at radius 1 is 0.875 bits per heavy atom. The topological polar surface area (TPSA) is 50.9 Å². The molecular formula is C12H9N3O. The first-order valence-electron chi connectivity index (χ1n) is 4.94. The number of nitrogens with zero attached hydrogens (tertiary/aromatic N) is 3. The van der Waals surface area contributed by atoms with E-state index in [2.05, 4.69) is 10.2 Å². The summed E-state index contributed by atoms with van der Waals surface area (Å²) in [5.41, 5.74) is 2.42. The van der Waals surface area contributed by atoms with E-state index in [1.54, 1.807) is 18.2 Å². The maximum atomic E-state index is 9.38. The summed E-state index contributed by atoms with van der Waals surface area (Å²) in [6.45, 7) is 0. The van der Waals surface area contributed by atoms with Gasteiger partial charge in [0.15, 0.2) is 0 Å². The summed E-state index contributed by atoms with van der Waals surface area (Å²) in [5.74, 6) is 0.207. The van der Waals surface area contributed by atoms with E-state index in [1.807, 2.05) is 30.3 Å². The van der Waals surface area contributed by atoms with Crippen molar-refractivity contribution >= 4 is 11.0 Å². The fourth-order valence-corrected chi connectivity index (χ4v) is 1.59. The lowest BCUT2D eigenvalue weighted by Gasteiger charge is -1.98. The van der Waals surface area contributed by atoms with E-state index in [9.17, 15) is 5.11 Å². The van der Waals surface area contributed by atoms with Crippen molar-refractivity contribution in [3.05, 3.63) is 48.5 Å². The number of benzene rings is 2. The molecule has 0 radical (unpaired) electrons. The molecule has 0 aliphatic carbocycles. The molecule has 3 aromatic rings. The standard InChI is InChI=1S/C12H9N3O/c16-10-5-3-4-9(8-10)15-13-11-6-1-2-7-12(11)14-15/h1-8,16H. The number of aromatic nitrogens is 3. The highest BCUT2D eigenvalue weighted by atomic mass is 16.3. The molecule has 0 aliphatic heterocycles. The molecule has 0 bridgehead atoms. The molecule has 0 amide bonds. The van der Waals surface area contributed by atoms with Crippen molar-refractivity contribution in [3.63, 3.8) is 0 Å². The van der Waals surface area contributed by atoms with Crippen LogP contribution in [0, 0.1) is 0 Å². The van der Waals surface area contributed by atoms with Crippen LogP contribution in [0.1, 0.15) is 0 Å². The summed E-state index contributed by atoms with van der Waals surface area (Å²) in [7, 11) is 0. The Labute approximate surface area is 91.8 Å². The lowest BCUT2D eigenvalue weighted by molar-refractivity contribution is 0.474. The van der Waals surface area contributed by atoms with Crippen molar-refractivity contribution in [1.82, 2.24) is 15.0 Å². The minimum atomic E-state index is 0.207. The van der Waals surface area contributed by atoms with Gasteiger partial charge in [-0.15, -0.1) is 10.2 Å². The summed E-state index contributed by atoms with van der Waals surface area (Å²) >= 11 is 0. The van der Waals surface area contributed by atoms with Gasteiger partial charge in [0.25, 0.3) is 0 Å². The highest BCUT2D eigenvalue weighted by molar-refractivity contribution is 5.73. The molecule has 1 aromatic heterocycles. The lowest BCUT2D eigenvalue weighted by Crippen LogP contribution is -1.97. The van der Waals surface area contributed by atoms with E-state index in [-0.39, 0.29) is 5.75 Å². The monoisotopic (exact) mass is 211 g/mol. The lowest BCUT2D eigenvalue weighted by atomic mass is 10.3. The second-order valence-electron chi connectivity index (χ2n) is 3.50. The molecule has 4 nitrogen and oxygen atoms in total. The van der Waals surface area contributed by atoms with Crippen molar-refractivity contribution in [1.29, 1.82) is 0 Å². The van der Waals surface area contributed by atoms with Crippen molar-refractivity contribution in [3.8, 4) is 11.4 Å². The molecule has 1 N–H and O–H groups in total. The highest BCUT2D eigenvalue weighted by Crippen LogP contribution is 2.15. The van der Waals surface area contributed by atoms with Crippen LogP contribution in [0.2, 0.25) is 0 Å². The van der Waals surface area contributed by atoms with E-state index in [0.29, 0.717) is 0 Å². The van der Waals surface area contributed by atoms with E-state index in [1.165, 1.54) is 4.80 Å². The Morgan fingerprint density at radius 3 is 2.19 bits per heavy atom. The summed E-state index contributed by atoms with van der Waals surface area (Å²) in [6.07, 6.45) is 0. The van der Waals surface area contributed by atoms with Gasteiger partial charge in [-0.2, -0.15) is 4.80 Å². The van der Waals surface area contributed by atoms with Gasteiger partial charge in [0.1, 0.15) is 16.8 Å². The zero-order valence-corrected chi connectivity index (χ0v) is 8.41. The van der Waals surface area contributed by atoms with Crippen molar-refractivity contribution in [2.75, 3.05) is 0 Å². The third kappa shape index (κ3) is 1.40. The number of phenols is 1. The number of phenolic OH excluding ortho intramolecular Hbond substituents is 1. The Hall–Kier alpha value is -2.36. The van der Waals surface area contributed by atoms with Crippen LogP contribution in [-0.4, -0.2) is 20.1 Å². The van der Waals surface area contributed by atoms with Gasteiger partial charge in [0.2, 0.25) is 0 Å². The molecule has 0 aliphatic rings. The smallest absolute Gasteiger partial charge is 0.117 e. The molecule has 0 saturated heterocycles. The van der Waals surface area contributed by atoms with E-state index < -0.39 is 0 Å². The van der Waals surface area contributed by atoms with Gasteiger partial charge in [-0.1, -0.05) is 18.2 Å². The predicted octanol–water partition coefficient (Wildman–Crippen LogP) is 2.13. The average molecular weight is 211 g/mol. The highest BCUT2D eigenvalue weighted by Gasteiger charge is 2.03. The van der Waals surface area contributed by atoms with Gasteiger partial charge in [-0.05, 0) is 24.3 Å². The molecule has 0 atom stereocenters. The minimum Gasteiger partial charge on any atom is -0.508 e. The summed E-state index contributed by atoms with van der Waals surface area (Å²) in [6, 6.07) is 14.5. The van der Waals surface area contributed by atoms with Crippen LogP contribution < -0.4 is 0 Å². The maximum Gasteiger partial charge on any atom is 0.117 e. The minimum absolute atomic E-state index is 0.207. The Kier molecular flexibility index (Phi) is 1.86. The molecule has 4 heteroatoms. The van der Waals surface area contributed by atoms with Crippen molar-refractivity contribution in [2.45, 2.75) is 0 Å². The third-order valence-corrected chi connectivity index (χ3v) is 2.35. The molecule has 2 aromatic carbocycles. The molecule has 0 fully saturated rings. The van der Waals surface area contributed by atoms with Gasteiger partial charge in [0, 0.05) is 6.07 Å². The van der Waals surface area contributed by atoms with Crippen LogP contribution in [0.3, 0.4) is 0 Å². The normalized spacial score (nSPS) is 10.8. The molecule has 0 saturated carbocycles. The maximum absolute atomic E-state index is 9.38. The van der Waals surface area contributed by atoms with Gasteiger partial charge in [-0.25, -0.2) is 0 Å². The van der Waals surface area contributed by atoms with E-state index in [0.717, 1.165) is 16.7 Å². The number of aromatic hydroxyl groups is 1. The average Bonchev–Trinajstić information content (AvgIpc) is 2.72. The first-order valence-corrected chi connectivity index (χ1v) is 4.94. The Morgan fingerprint density at radius 2 is 1.56 bits per heavy atom. The van der Waals surface area contributed by atoms with Gasteiger partial charge < -0.3 is 5.11 Å². The fraction of sp³-hybridized carbons (Fsp3) is 0. The van der Waals surface area contributed by atoms with Gasteiger partial charge in [-0.3, -0.25) is 0 Å². The molecule has 16 heavy (non-hydrogen) atoms. The third-order valence-electron chi connectivity index (χ3n) is 2.35. The number of hydrogen-bond donors (Lipinski definition) is 1. The van der Waals surface area contributed by atoms with Crippen LogP contribution in [0.5, 0.6) is 5.75 Å². The van der Waals surface area contributed by atoms with E-state index in [4.69, 9.17) is 0 Å². The second-order valence-corrected chi connectivity index (χ2v) is 3.50. The summed E-state index contributed by atoms with van der Waals surface area (Å²) < 4.78 is 0. The van der Waals surface area contributed by atoms with Crippen molar-refractivity contribution < 1.29 is 5.11 Å². The van der Waals surface area contributed by atoms with Crippen LogP contribution in [0.4, 0.5) is 0 Å². The second kappa shape index (κ2) is 3.34. The first kappa shape index (κ1) is 8.91. The van der Waals surface area contributed by atoms with E-state index >= 15 is 0 Å². The largest absolute Gasteiger partial charge is 0.508 e. The van der Waals surface area contributed by atoms with Gasteiger partial charge >= 0.3 is 0 Å². The quantitative estimate of drug-likeness (QED) is 0.670. The van der Waals surface area contributed by atoms with Crippen molar-refractivity contribution in [2.24, 2.45) is 0 Å². The molecule has 0 unspecified atom stereocenters. The van der Waals surface area contributed by atoms with Crippen LogP contribution in [0.25, 0.3) is 16.7 Å². The summed E-state index contributed by atoms with van der Waals surface area (Å²) in [4.78, 5) is 1.52. The Bertz CT molecular complexity index is 612.